The fourth-order valence-corrected chi connectivity index (χ4v) is 5.69. The van der Waals surface area contributed by atoms with Crippen LogP contribution in [0.5, 0.6) is 0 Å². The number of halogens is 1. The third-order valence-corrected chi connectivity index (χ3v) is 7.34. The number of hydrogen-bond acceptors (Lipinski definition) is 6. The Morgan fingerprint density at radius 3 is 2.81 bits per heavy atom. The minimum Gasteiger partial charge on any atom is -0.480 e. The summed E-state index contributed by atoms with van der Waals surface area (Å²) in [5.41, 5.74) is 2.20. The molecule has 1 aliphatic heterocycles. The molecule has 10 nitrogen and oxygen atoms in total. The first-order valence-corrected chi connectivity index (χ1v) is 11.8. The molecule has 0 bridgehead atoms. The highest BCUT2D eigenvalue weighted by molar-refractivity contribution is 6.31. The SMILES string of the molecule is O=CCC1(c2ccc3[nH]ccc3c2)Cc2cc(-c3cc(Cl)ccc3-n3cnnn3)cc(=O)n2[C@@H]1C(=O)O. The summed E-state index contributed by atoms with van der Waals surface area (Å²) in [4.78, 5) is 41.3. The summed E-state index contributed by atoms with van der Waals surface area (Å²) in [7, 11) is 0. The van der Waals surface area contributed by atoms with Crippen molar-refractivity contribution in [1.29, 1.82) is 0 Å². The van der Waals surface area contributed by atoms with Gasteiger partial charge in [-0.2, -0.15) is 4.68 Å². The lowest BCUT2D eigenvalue weighted by Crippen LogP contribution is -2.40. The fraction of sp³-hybridized carbons (Fsp3) is 0.154. The highest BCUT2D eigenvalue weighted by Crippen LogP contribution is 2.47. The number of carbonyl (C=O) groups is 2. The topological polar surface area (TPSA) is 136 Å². The maximum Gasteiger partial charge on any atom is 0.327 e. The first-order valence-electron chi connectivity index (χ1n) is 11.4. The molecule has 2 N–H and O–H groups in total. The van der Waals surface area contributed by atoms with Gasteiger partial charge in [-0.1, -0.05) is 17.7 Å². The number of pyridine rings is 1. The highest BCUT2D eigenvalue weighted by atomic mass is 35.5. The molecule has 0 saturated carbocycles. The molecule has 4 heterocycles. The van der Waals surface area contributed by atoms with Gasteiger partial charge in [-0.25, -0.2) is 4.79 Å². The van der Waals surface area contributed by atoms with Gasteiger partial charge in [0.05, 0.1) is 5.69 Å². The van der Waals surface area contributed by atoms with Crippen molar-refractivity contribution < 1.29 is 14.7 Å². The number of benzene rings is 2. The number of aromatic nitrogens is 6. The summed E-state index contributed by atoms with van der Waals surface area (Å²) < 4.78 is 2.75. The zero-order chi connectivity index (χ0) is 25.7. The van der Waals surface area contributed by atoms with Crippen molar-refractivity contribution in [2.75, 3.05) is 0 Å². The molecule has 2 atom stereocenters. The number of nitrogens with one attached hydrogen (secondary N) is 1. The molecule has 6 rings (SSSR count). The average Bonchev–Trinajstić information content (AvgIpc) is 3.62. The lowest BCUT2D eigenvalue weighted by molar-refractivity contribution is -0.143. The quantitative estimate of drug-likeness (QED) is 0.332. The van der Waals surface area contributed by atoms with Crippen LogP contribution >= 0.6 is 11.6 Å². The average molecular weight is 515 g/mol. The van der Waals surface area contributed by atoms with Crippen LogP contribution in [0.15, 0.2) is 71.9 Å². The van der Waals surface area contributed by atoms with Gasteiger partial charge < -0.3 is 14.9 Å². The minimum atomic E-state index is -1.26. The monoisotopic (exact) mass is 514 g/mol. The van der Waals surface area contributed by atoms with Crippen LogP contribution in [-0.4, -0.2) is 47.1 Å². The number of carboxylic acid groups (broad SMARTS) is 1. The smallest absolute Gasteiger partial charge is 0.327 e. The normalized spacial score (nSPS) is 18.7. The van der Waals surface area contributed by atoms with Crippen molar-refractivity contribution in [2.45, 2.75) is 24.3 Å². The van der Waals surface area contributed by atoms with Gasteiger partial charge in [0.1, 0.15) is 18.7 Å². The summed E-state index contributed by atoms with van der Waals surface area (Å²) >= 11 is 6.29. The van der Waals surface area contributed by atoms with Gasteiger partial charge in [-0.3, -0.25) is 9.36 Å². The van der Waals surface area contributed by atoms with Crippen molar-refractivity contribution in [1.82, 2.24) is 29.8 Å². The molecular weight excluding hydrogens is 496 g/mol. The van der Waals surface area contributed by atoms with E-state index < -0.39 is 23.0 Å². The van der Waals surface area contributed by atoms with E-state index in [4.69, 9.17) is 11.6 Å². The number of H-pyrrole nitrogens is 1. The third-order valence-electron chi connectivity index (χ3n) is 7.10. The van der Waals surface area contributed by atoms with Gasteiger partial charge in [0.25, 0.3) is 5.56 Å². The molecule has 1 aliphatic rings. The molecule has 0 spiro atoms. The largest absolute Gasteiger partial charge is 0.480 e. The Hall–Kier alpha value is -4.57. The molecule has 0 amide bonds. The van der Waals surface area contributed by atoms with E-state index in [-0.39, 0.29) is 12.8 Å². The first-order chi connectivity index (χ1) is 17.9. The number of aldehydes is 1. The maximum absolute atomic E-state index is 13.5. The van der Waals surface area contributed by atoms with E-state index >= 15 is 0 Å². The minimum absolute atomic E-state index is 0.0661. The number of tetrazole rings is 1. The Bertz CT molecular complexity index is 1740. The Kier molecular flexibility index (Phi) is 5.27. The predicted molar refractivity (Wildman–Crippen MR) is 135 cm³/mol. The van der Waals surface area contributed by atoms with Crippen molar-refractivity contribution >= 4 is 34.8 Å². The van der Waals surface area contributed by atoms with Crippen LogP contribution in [0, 0.1) is 0 Å². The fourth-order valence-electron chi connectivity index (χ4n) is 5.52. The van der Waals surface area contributed by atoms with Crippen LogP contribution < -0.4 is 5.56 Å². The van der Waals surface area contributed by atoms with Gasteiger partial charge >= 0.3 is 5.97 Å². The summed E-state index contributed by atoms with van der Waals surface area (Å²) in [6, 6.07) is 14.5. The molecule has 0 aliphatic carbocycles. The lowest BCUT2D eigenvalue weighted by Gasteiger charge is -2.32. The second-order valence-corrected chi connectivity index (χ2v) is 9.52. The molecule has 0 fully saturated rings. The number of fused-ring (bicyclic) bond motifs is 2. The van der Waals surface area contributed by atoms with Crippen LogP contribution in [0.2, 0.25) is 5.02 Å². The lowest BCUT2D eigenvalue weighted by atomic mass is 9.71. The van der Waals surface area contributed by atoms with E-state index in [1.165, 1.54) is 21.6 Å². The van der Waals surface area contributed by atoms with E-state index in [0.29, 0.717) is 33.1 Å². The number of hydrogen-bond donors (Lipinski definition) is 2. The molecule has 1 unspecified atom stereocenters. The van der Waals surface area contributed by atoms with E-state index in [1.54, 1.807) is 30.5 Å². The van der Waals surface area contributed by atoms with Gasteiger partial charge in [-0.15, -0.1) is 5.10 Å². The zero-order valence-electron chi connectivity index (χ0n) is 19.2. The van der Waals surface area contributed by atoms with E-state index in [1.807, 2.05) is 24.3 Å². The van der Waals surface area contributed by atoms with E-state index in [2.05, 4.69) is 20.5 Å². The molecule has 5 aromatic rings. The van der Waals surface area contributed by atoms with Gasteiger partial charge in [0.2, 0.25) is 0 Å². The van der Waals surface area contributed by atoms with Crippen molar-refractivity contribution in [3.8, 4) is 16.8 Å². The second kappa shape index (κ2) is 8.52. The van der Waals surface area contributed by atoms with Gasteiger partial charge in [0.15, 0.2) is 0 Å². The maximum atomic E-state index is 13.5. The van der Waals surface area contributed by atoms with Crippen LogP contribution in [0.25, 0.3) is 27.7 Å². The number of aliphatic carboxylic acids is 1. The molecule has 0 radical (unpaired) electrons. The van der Waals surface area contributed by atoms with Crippen LogP contribution in [0.3, 0.4) is 0 Å². The van der Waals surface area contributed by atoms with Crippen molar-refractivity contribution in [3.05, 3.63) is 93.8 Å². The highest BCUT2D eigenvalue weighted by Gasteiger charge is 2.52. The first kappa shape index (κ1) is 22.9. The van der Waals surface area contributed by atoms with Gasteiger partial charge in [-0.05, 0) is 69.4 Å². The predicted octanol–water partition coefficient (Wildman–Crippen LogP) is 3.33. The summed E-state index contributed by atoms with van der Waals surface area (Å²) in [6.45, 7) is 0. The molecule has 0 saturated heterocycles. The Morgan fingerprint density at radius 1 is 1.19 bits per heavy atom. The summed E-state index contributed by atoms with van der Waals surface area (Å²) in [5, 5.41) is 23.0. The van der Waals surface area contributed by atoms with Crippen LogP contribution in [0.4, 0.5) is 0 Å². The number of rotatable bonds is 6. The number of aromatic amines is 1. The Morgan fingerprint density at radius 2 is 2.05 bits per heavy atom. The molecule has 11 heteroatoms. The molecule has 37 heavy (non-hydrogen) atoms. The zero-order valence-corrected chi connectivity index (χ0v) is 20.0. The second-order valence-electron chi connectivity index (χ2n) is 9.08. The van der Waals surface area contributed by atoms with E-state index in [0.717, 1.165) is 17.2 Å². The molecular formula is C26H19ClN6O4. The third kappa shape index (κ3) is 3.56. The van der Waals surface area contributed by atoms with Gasteiger partial charge in [0, 0.05) is 52.3 Å². The Labute approximate surface area is 214 Å². The van der Waals surface area contributed by atoms with E-state index in [9.17, 15) is 19.5 Å². The molecule has 2 aromatic carbocycles. The van der Waals surface area contributed by atoms with Crippen LogP contribution in [0.1, 0.15) is 23.7 Å². The van der Waals surface area contributed by atoms with Crippen molar-refractivity contribution in [3.63, 3.8) is 0 Å². The standard InChI is InChI=1S/C26H19ClN6O4/c27-18-2-4-22(32-14-29-30-31-32)20(12-18)16-10-19-13-26(6-8-34,24(25(36)37)33(19)23(35)11-16)17-1-3-21-15(9-17)5-7-28-21/h1-5,7-12,14,24,28H,6,13H2,(H,36,37)/t24-,26?/m1/s1. The number of carboxylic acids is 1. The van der Waals surface area contributed by atoms with Crippen molar-refractivity contribution in [2.24, 2.45) is 0 Å². The molecule has 3 aromatic heterocycles. The summed E-state index contributed by atoms with van der Waals surface area (Å²) in [5.74, 6) is -1.18. The Balaban J connectivity index is 1.56. The number of carbonyl (C=O) groups excluding carboxylic acids is 1. The van der Waals surface area contributed by atoms with Crippen LogP contribution in [-0.2, 0) is 21.4 Å². The number of nitrogens with zero attached hydrogens (tertiary/aromatic N) is 5. The summed E-state index contributed by atoms with van der Waals surface area (Å²) in [6.07, 6.45) is 4.07. The molecule has 184 valence electrons.